The molecule has 2 aromatic rings. The summed E-state index contributed by atoms with van der Waals surface area (Å²) in [6, 6.07) is 8.61. The van der Waals surface area contributed by atoms with Gasteiger partial charge in [-0.05, 0) is 31.0 Å². The van der Waals surface area contributed by atoms with Crippen LogP contribution in [0.25, 0.3) is 0 Å². The van der Waals surface area contributed by atoms with Gasteiger partial charge in [-0.1, -0.05) is 12.1 Å². The Labute approximate surface area is 154 Å². The van der Waals surface area contributed by atoms with Crippen LogP contribution in [0.15, 0.2) is 36.5 Å². The van der Waals surface area contributed by atoms with Crippen molar-refractivity contribution in [2.24, 2.45) is 0 Å². The van der Waals surface area contributed by atoms with E-state index in [1.54, 1.807) is 7.11 Å². The number of benzene rings is 1. The lowest BCUT2D eigenvalue weighted by Crippen LogP contribution is -2.45. The largest absolute Gasteiger partial charge is 0.495 e. The summed E-state index contributed by atoms with van der Waals surface area (Å²) in [5.41, 5.74) is 0.0152. The van der Waals surface area contributed by atoms with E-state index in [9.17, 15) is 18.0 Å². The molecule has 0 bridgehead atoms. The van der Waals surface area contributed by atoms with Crippen LogP contribution in [0.1, 0.15) is 18.5 Å². The van der Waals surface area contributed by atoms with E-state index < -0.39 is 11.9 Å². The van der Waals surface area contributed by atoms with Crippen molar-refractivity contribution in [1.82, 2.24) is 15.1 Å². The third-order valence-corrected chi connectivity index (χ3v) is 4.52. The van der Waals surface area contributed by atoms with E-state index >= 15 is 0 Å². The Morgan fingerprint density at radius 3 is 2.59 bits per heavy atom. The third kappa shape index (κ3) is 4.72. The molecule has 0 atom stereocenters. The van der Waals surface area contributed by atoms with Crippen LogP contribution in [0.3, 0.4) is 0 Å². The van der Waals surface area contributed by atoms with E-state index in [1.165, 1.54) is 0 Å². The molecule has 146 valence electrons. The fraction of sp³-hybridized carbons (Fsp3) is 0.444. The van der Waals surface area contributed by atoms with Gasteiger partial charge in [0.25, 0.3) is 0 Å². The number of hydrogen-bond donors (Lipinski definition) is 1. The summed E-state index contributed by atoms with van der Waals surface area (Å²) in [4.78, 5) is 14.3. The normalized spacial score (nSPS) is 15.6. The Bertz CT molecular complexity index is 783. The summed E-state index contributed by atoms with van der Waals surface area (Å²) in [7, 11) is 1.63. The van der Waals surface area contributed by atoms with Gasteiger partial charge in [0.05, 0.1) is 12.8 Å². The van der Waals surface area contributed by atoms with Crippen molar-refractivity contribution in [1.29, 1.82) is 0 Å². The fourth-order valence-corrected chi connectivity index (χ4v) is 3.18. The number of carbonyl (C=O) groups is 1. The Kier molecular flexibility index (Phi) is 5.57. The van der Waals surface area contributed by atoms with Crippen molar-refractivity contribution in [2.75, 3.05) is 25.1 Å². The number of methoxy groups -OCH3 is 1. The number of nitrogens with zero attached hydrogens (tertiary/aromatic N) is 3. The monoisotopic (exact) mass is 382 g/mol. The molecule has 1 aliphatic rings. The van der Waals surface area contributed by atoms with Gasteiger partial charge in [-0.15, -0.1) is 0 Å². The molecule has 3 rings (SSSR count). The Morgan fingerprint density at radius 2 is 1.96 bits per heavy atom. The molecule has 1 aromatic carbocycles. The van der Waals surface area contributed by atoms with Crippen molar-refractivity contribution in [3.05, 3.63) is 42.2 Å². The summed E-state index contributed by atoms with van der Waals surface area (Å²) in [6.45, 7) is 1.28. The number of aromatic nitrogens is 2. The molecule has 0 aliphatic carbocycles. The number of alkyl halides is 3. The number of anilines is 1. The first-order chi connectivity index (χ1) is 12.9. The topological polar surface area (TPSA) is 59.4 Å². The lowest BCUT2D eigenvalue weighted by molar-refractivity contribution is -0.141. The standard InChI is InChI=1S/C18H21F3N4O2/c1-27-15-5-3-2-4-14(15)24-9-6-13(7-10-24)22-17(26)12-25-11-8-16(23-25)18(19,20)21/h2-5,8,11,13H,6-7,9-10,12H2,1H3,(H,22,26). The van der Waals surface area contributed by atoms with Crippen molar-refractivity contribution in [3.63, 3.8) is 0 Å². The van der Waals surface area contributed by atoms with Crippen LogP contribution >= 0.6 is 0 Å². The number of para-hydroxylation sites is 2. The Morgan fingerprint density at radius 1 is 1.26 bits per heavy atom. The maximum atomic E-state index is 12.6. The Balaban J connectivity index is 1.50. The smallest absolute Gasteiger partial charge is 0.435 e. The molecule has 1 amide bonds. The molecule has 1 fully saturated rings. The number of rotatable bonds is 5. The van der Waals surface area contributed by atoms with Gasteiger partial charge in [-0.2, -0.15) is 18.3 Å². The zero-order chi connectivity index (χ0) is 19.4. The predicted molar refractivity (Wildman–Crippen MR) is 93.6 cm³/mol. The first kappa shape index (κ1) is 19.1. The van der Waals surface area contributed by atoms with Crippen LogP contribution in [-0.2, 0) is 17.5 Å². The highest BCUT2D eigenvalue weighted by Crippen LogP contribution is 2.30. The van der Waals surface area contributed by atoms with Crippen LogP contribution in [0.2, 0.25) is 0 Å². The molecule has 0 spiro atoms. The molecule has 27 heavy (non-hydrogen) atoms. The average molecular weight is 382 g/mol. The van der Waals surface area contributed by atoms with Crippen LogP contribution in [-0.4, -0.2) is 41.9 Å². The van der Waals surface area contributed by atoms with Crippen molar-refractivity contribution < 1.29 is 22.7 Å². The van der Waals surface area contributed by atoms with E-state index in [0.29, 0.717) is 0 Å². The van der Waals surface area contributed by atoms with Crippen LogP contribution in [0.5, 0.6) is 5.75 Å². The molecule has 9 heteroatoms. The summed E-state index contributed by atoms with van der Waals surface area (Å²) in [5, 5.41) is 6.27. The molecule has 1 saturated heterocycles. The first-order valence-electron chi connectivity index (χ1n) is 8.65. The second-order valence-corrected chi connectivity index (χ2v) is 6.40. The zero-order valence-corrected chi connectivity index (χ0v) is 14.9. The summed E-state index contributed by atoms with van der Waals surface area (Å²) in [6.07, 6.45) is -1.85. The zero-order valence-electron chi connectivity index (χ0n) is 14.9. The molecular formula is C18H21F3N4O2. The molecule has 6 nitrogen and oxygen atoms in total. The quantitative estimate of drug-likeness (QED) is 0.864. The van der Waals surface area contributed by atoms with E-state index in [1.807, 2.05) is 24.3 Å². The second-order valence-electron chi connectivity index (χ2n) is 6.40. The average Bonchev–Trinajstić information content (AvgIpc) is 3.11. The number of nitrogens with one attached hydrogen (secondary N) is 1. The van der Waals surface area contributed by atoms with Gasteiger partial charge in [0.2, 0.25) is 5.91 Å². The highest BCUT2D eigenvalue weighted by atomic mass is 19.4. The first-order valence-corrected chi connectivity index (χ1v) is 8.65. The van der Waals surface area contributed by atoms with Gasteiger partial charge >= 0.3 is 6.18 Å². The number of ether oxygens (including phenoxy) is 1. The second kappa shape index (κ2) is 7.89. The predicted octanol–water partition coefficient (Wildman–Crippen LogP) is 2.70. The van der Waals surface area contributed by atoms with Gasteiger partial charge in [0, 0.05) is 25.3 Å². The minimum Gasteiger partial charge on any atom is -0.495 e. The maximum absolute atomic E-state index is 12.6. The summed E-state index contributed by atoms with van der Waals surface area (Å²) < 4.78 is 44.0. The van der Waals surface area contributed by atoms with E-state index in [2.05, 4.69) is 15.3 Å². The summed E-state index contributed by atoms with van der Waals surface area (Å²) >= 11 is 0. The van der Waals surface area contributed by atoms with Crippen LogP contribution < -0.4 is 15.0 Å². The van der Waals surface area contributed by atoms with Crippen molar-refractivity contribution >= 4 is 11.6 Å². The number of hydrogen-bond acceptors (Lipinski definition) is 4. The molecule has 1 N–H and O–H groups in total. The number of amides is 1. The number of carbonyl (C=O) groups excluding carboxylic acids is 1. The number of piperidine rings is 1. The maximum Gasteiger partial charge on any atom is 0.435 e. The van der Waals surface area contributed by atoms with Crippen LogP contribution in [0.4, 0.5) is 18.9 Å². The minimum absolute atomic E-state index is 0.0129. The molecular weight excluding hydrogens is 361 g/mol. The van der Waals surface area contributed by atoms with Gasteiger partial charge in [0.1, 0.15) is 12.3 Å². The van der Waals surface area contributed by atoms with Gasteiger partial charge in [0.15, 0.2) is 5.69 Å². The number of halogens is 3. The lowest BCUT2D eigenvalue weighted by Gasteiger charge is -2.34. The van der Waals surface area contributed by atoms with Gasteiger partial charge < -0.3 is 15.0 Å². The molecule has 0 saturated carbocycles. The minimum atomic E-state index is -4.51. The molecule has 2 heterocycles. The van der Waals surface area contributed by atoms with Crippen LogP contribution in [0, 0.1) is 0 Å². The molecule has 1 aromatic heterocycles. The Hall–Kier alpha value is -2.71. The third-order valence-electron chi connectivity index (χ3n) is 4.52. The van der Waals surface area contributed by atoms with E-state index in [-0.39, 0.29) is 18.5 Å². The van der Waals surface area contributed by atoms with E-state index in [0.717, 1.165) is 54.3 Å². The molecule has 0 unspecified atom stereocenters. The van der Waals surface area contributed by atoms with E-state index in [4.69, 9.17) is 4.74 Å². The molecule has 1 aliphatic heterocycles. The van der Waals surface area contributed by atoms with Gasteiger partial charge in [-0.25, -0.2) is 0 Å². The molecule has 0 radical (unpaired) electrons. The fourth-order valence-electron chi connectivity index (χ4n) is 3.18. The SMILES string of the molecule is COc1ccccc1N1CCC(NC(=O)Cn2ccc(C(F)(F)F)n2)CC1. The highest BCUT2D eigenvalue weighted by molar-refractivity contribution is 5.76. The van der Waals surface area contributed by atoms with Crippen molar-refractivity contribution in [2.45, 2.75) is 31.6 Å². The van der Waals surface area contributed by atoms with Gasteiger partial charge in [-0.3, -0.25) is 9.48 Å². The highest BCUT2D eigenvalue weighted by Gasteiger charge is 2.33. The summed E-state index contributed by atoms with van der Waals surface area (Å²) in [5.74, 6) is 0.460. The van der Waals surface area contributed by atoms with Crippen molar-refractivity contribution in [3.8, 4) is 5.75 Å². The lowest BCUT2D eigenvalue weighted by atomic mass is 10.0.